The molecule has 0 radical (unpaired) electrons. The minimum atomic E-state index is 0.0625. The number of ether oxygens (including phenoxy) is 1. The molecule has 0 bridgehead atoms. The topological polar surface area (TPSA) is 94.4 Å². The number of anilines is 3. The summed E-state index contributed by atoms with van der Waals surface area (Å²) in [7, 11) is 0. The SMILES string of the molecule is C=Cc1ccnc(Nc2cc(C#N)c(N3CCN(C(=O)CC4CCCO4)[C@H](C4CC4)C3)nc2C(C)C)c1. The van der Waals surface area contributed by atoms with Crippen molar-refractivity contribution in [1.29, 1.82) is 5.26 Å². The van der Waals surface area contributed by atoms with Crippen molar-refractivity contribution in [2.45, 2.75) is 64.0 Å². The summed E-state index contributed by atoms with van der Waals surface area (Å²) in [5.41, 5.74) is 3.17. The smallest absolute Gasteiger partial charge is 0.225 e. The van der Waals surface area contributed by atoms with E-state index in [4.69, 9.17) is 9.72 Å². The summed E-state index contributed by atoms with van der Waals surface area (Å²) in [4.78, 5) is 27.0. The van der Waals surface area contributed by atoms with Gasteiger partial charge in [0, 0.05) is 32.4 Å². The number of hydrogen-bond donors (Lipinski definition) is 1. The molecule has 2 aromatic rings. The van der Waals surface area contributed by atoms with E-state index in [1.807, 2.05) is 18.2 Å². The van der Waals surface area contributed by atoms with Crippen LogP contribution in [-0.4, -0.2) is 59.2 Å². The Morgan fingerprint density at radius 3 is 2.84 bits per heavy atom. The third-order valence-electron chi connectivity index (χ3n) is 7.61. The maximum atomic E-state index is 13.2. The van der Waals surface area contributed by atoms with E-state index in [-0.39, 0.29) is 24.0 Å². The second kappa shape index (κ2) is 10.9. The number of rotatable bonds is 8. The largest absolute Gasteiger partial charge is 0.378 e. The average molecular weight is 501 g/mol. The molecule has 1 unspecified atom stereocenters. The monoisotopic (exact) mass is 500 g/mol. The van der Waals surface area contributed by atoms with E-state index in [0.29, 0.717) is 49.2 Å². The van der Waals surface area contributed by atoms with E-state index in [0.717, 1.165) is 49.2 Å². The first kappa shape index (κ1) is 25.2. The Morgan fingerprint density at radius 1 is 1.32 bits per heavy atom. The molecule has 1 amide bonds. The Bertz CT molecular complexity index is 1200. The van der Waals surface area contributed by atoms with Crippen molar-refractivity contribution in [2.24, 2.45) is 5.92 Å². The van der Waals surface area contributed by atoms with Crippen LogP contribution in [0.1, 0.15) is 68.7 Å². The van der Waals surface area contributed by atoms with Gasteiger partial charge in [0.05, 0.1) is 35.5 Å². The van der Waals surface area contributed by atoms with Gasteiger partial charge >= 0.3 is 0 Å². The zero-order chi connectivity index (χ0) is 25.9. The molecular formula is C29H36N6O2. The van der Waals surface area contributed by atoms with Crippen molar-refractivity contribution in [3.63, 3.8) is 0 Å². The van der Waals surface area contributed by atoms with Crippen LogP contribution in [0.2, 0.25) is 0 Å². The third kappa shape index (κ3) is 5.62. The van der Waals surface area contributed by atoms with Crippen LogP contribution in [0.15, 0.2) is 31.0 Å². The van der Waals surface area contributed by atoms with Crippen molar-refractivity contribution in [3.05, 3.63) is 47.8 Å². The van der Waals surface area contributed by atoms with Gasteiger partial charge in [0.15, 0.2) is 0 Å². The lowest BCUT2D eigenvalue weighted by Gasteiger charge is -2.43. The Morgan fingerprint density at radius 2 is 2.16 bits per heavy atom. The maximum absolute atomic E-state index is 13.2. The molecule has 8 nitrogen and oxygen atoms in total. The lowest BCUT2D eigenvalue weighted by Crippen LogP contribution is -2.57. The number of pyridine rings is 2. The fourth-order valence-electron chi connectivity index (χ4n) is 5.47. The van der Waals surface area contributed by atoms with E-state index >= 15 is 0 Å². The van der Waals surface area contributed by atoms with Crippen LogP contribution in [-0.2, 0) is 9.53 Å². The summed E-state index contributed by atoms with van der Waals surface area (Å²) in [6.07, 6.45) is 8.37. The number of nitrogens with one attached hydrogen (secondary N) is 1. The Labute approximate surface area is 219 Å². The van der Waals surface area contributed by atoms with Crippen LogP contribution in [0.3, 0.4) is 0 Å². The molecule has 5 rings (SSSR count). The molecule has 1 saturated carbocycles. The van der Waals surface area contributed by atoms with Crippen LogP contribution in [0.25, 0.3) is 6.08 Å². The highest BCUT2D eigenvalue weighted by Gasteiger charge is 2.42. The van der Waals surface area contributed by atoms with Crippen molar-refractivity contribution >= 4 is 29.3 Å². The first-order chi connectivity index (χ1) is 18.0. The van der Waals surface area contributed by atoms with Gasteiger partial charge in [0.25, 0.3) is 0 Å². The summed E-state index contributed by atoms with van der Waals surface area (Å²) >= 11 is 0. The summed E-state index contributed by atoms with van der Waals surface area (Å²) in [5.74, 6) is 2.26. The Kier molecular flexibility index (Phi) is 7.43. The molecule has 1 N–H and O–H groups in total. The first-order valence-corrected chi connectivity index (χ1v) is 13.4. The van der Waals surface area contributed by atoms with Gasteiger partial charge in [-0.05, 0) is 61.3 Å². The minimum Gasteiger partial charge on any atom is -0.378 e. The van der Waals surface area contributed by atoms with Gasteiger partial charge in [-0.15, -0.1) is 0 Å². The molecule has 0 aromatic carbocycles. The standard InChI is InChI=1S/C29H36N6O2/c1-4-20-9-10-31-26(14-20)32-24-15-22(17-30)29(33-28(24)19(2)3)34-11-12-35(25(18-34)21-7-8-21)27(36)16-23-6-5-13-37-23/h4,9-10,14-15,19,21,23,25H,1,5-8,11-13,16,18H2,2-3H3,(H,31,32)/t23?,25-/m0/s1. The number of carbonyl (C=O) groups excluding carboxylic acids is 1. The predicted molar refractivity (Wildman–Crippen MR) is 145 cm³/mol. The van der Waals surface area contributed by atoms with E-state index < -0.39 is 0 Å². The van der Waals surface area contributed by atoms with E-state index in [1.165, 1.54) is 0 Å². The zero-order valence-electron chi connectivity index (χ0n) is 21.8. The number of nitrogens with zero attached hydrogens (tertiary/aromatic N) is 5. The molecule has 194 valence electrons. The Hall–Kier alpha value is -3.44. The summed E-state index contributed by atoms with van der Waals surface area (Å²) in [6, 6.07) is 8.23. The lowest BCUT2D eigenvalue weighted by molar-refractivity contribution is -0.136. The highest BCUT2D eigenvalue weighted by atomic mass is 16.5. The predicted octanol–water partition coefficient (Wildman–Crippen LogP) is 4.85. The van der Waals surface area contributed by atoms with Crippen LogP contribution in [0, 0.1) is 17.2 Å². The summed E-state index contributed by atoms with van der Waals surface area (Å²) < 4.78 is 5.73. The molecule has 2 aromatic heterocycles. The van der Waals surface area contributed by atoms with Gasteiger partial charge in [0.1, 0.15) is 17.7 Å². The number of carbonyl (C=O) groups is 1. The second-order valence-electron chi connectivity index (χ2n) is 10.6. The first-order valence-electron chi connectivity index (χ1n) is 13.4. The van der Waals surface area contributed by atoms with Gasteiger partial charge in [-0.1, -0.05) is 26.5 Å². The molecule has 3 aliphatic rings. The Balaban J connectivity index is 1.39. The summed E-state index contributed by atoms with van der Waals surface area (Å²) in [5, 5.41) is 13.5. The normalized spacial score (nSPS) is 21.7. The van der Waals surface area contributed by atoms with Gasteiger partial charge < -0.3 is 19.9 Å². The fourth-order valence-corrected chi connectivity index (χ4v) is 5.47. The molecule has 2 aliphatic heterocycles. The maximum Gasteiger partial charge on any atom is 0.225 e. The van der Waals surface area contributed by atoms with E-state index in [2.05, 4.69) is 46.6 Å². The molecule has 1 aliphatic carbocycles. The number of piperazine rings is 1. The quantitative estimate of drug-likeness (QED) is 0.553. The molecular weight excluding hydrogens is 464 g/mol. The van der Waals surface area contributed by atoms with E-state index in [1.54, 1.807) is 12.3 Å². The molecule has 0 spiro atoms. The van der Waals surface area contributed by atoms with E-state index in [9.17, 15) is 10.1 Å². The molecule has 8 heteroatoms. The minimum absolute atomic E-state index is 0.0625. The molecule has 37 heavy (non-hydrogen) atoms. The van der Waals surface area contributed by atoms with Crippen LogP contribution >= 0.6 is 0 Å². The van der Waals surface area contributed by atoms with Crippen LogP contribution < -0.4 is 10.2 Å². The fraction of sp³-hybridized carbons (Fsp3) is 0.517. The average Bonchev–Trinajstić information content (AvgIpc) is 3.64. The van der Waals surface area contributed by atoms with Gasteiger partial charge in [-0.2, -0.15) is 5.26 Å². The van der Waals surface area contributed by atoms with Crippen LogP contribution in [0.5, 0.6) is 0 Å². The molecule has 2 atom stereocenters. The number of amides is 1. The number of hydrogen-bond acceptors (Lipinski definition) is 7. The van der Waals surface area contributed by atoms with Crippen molar-refractivity contribution in [3.8, 4) is 6.07 Å². The summed E-state index contributed by atoms with van der Waals surface area (Å²) in [6.45, 7) is 10.8. The number of aromatic nitrogens is 2. The van der Waals surface area contributed by atoms with Crippen molar-refractivity contribution < 1.29 is 9.53 Å². The second-order valence-corrected chi connectivity index (χ2v) is 10.6. The van der Waals surface area contributed by atoms with Gasteiger partial charge in [-0.3, -0.25) is 4.79 Å². The van der Waals surface area contributed by atoms with Crippen molar-refractivity contribution in [1.82, 2.24) is 14.9 Å². The highest BCUT2D eigenvalue weighted by molar-refractivity contribution is 5.78. The third-order valence-corrected chi connectivity index (χ3v) is 7.61. The highest BCUT2D eigenvalue weighted by Crippen LogP contribution is 2.39. The van der Waals surface area contributed by atoms with Gasteiger partial charge in [-0.25, -0.2) is 9.97 Å². The molecule has 3 fully saturated rings. The zero-order valence-corrected chi connectivity index (χ0v) is 21.8. The number of nitriles is 1. The lowest BCUT2D eigenvalue weighted by atomic mass is 10.0. The van der Waals surface area contributed by atoms with Crippen LogP contribution in [0.4, 0.5) is 17.3 Å². The van der Waals surface area contributed by atoms with Gasteiger partial charge in [0.2, 0.25) is 5.91 Å². The van der Waals surface area contributed by atoms with Crippen molar-refractivity contribution in [2.75, 3.05) is 36.5 Å². The molecule has 2 saturated heterocycles. The molecule has 4 heterocycles.